The Balaban J connectivity index is 1.24. The molecule has 3 aliphatic carbocycles. The Kier molecular flexibility index (Phi) is 4.73. The van der Waals surface area contributed by atoms with Crippen LogP contribution >= 0.6 is 23.2 Å². The van der Waals surface area contributed by atoms with Gasteiger partial charge in [0.15, 0.2) is 5.75 Å². The number of carbonyl (C=O) groups is 1. The molecule has 3 unspecified atom stereocenters. The van der Waals surface area contributed by atoms with E-state index in [-0.39, 0.29) is 61.3 Å². The van der Waals surface area contributed by atoms with Gasteiger partial charge in [-0.1, -0.05) is 37.0 Å². The van der Waals surface area contributed by atoms with Gasteiger partial charge in [-0.05, 0) is 60.4 Å². The van der Waals surface area contributed by atoms with Crippen molar-refractivity contribution in [2.75, 3.05) is 0 Å². The lowest BCUT2D eigenvalue weighted by atomic mass is 9.78. The Morgan fingerprint density at radius 3 is 2.56 bits per heavy atom. The largest absolute Gasteiger partial charge is 0.507 e. The van der Waals surface area contributed by atoms with Crippen molar-refractivity contribution in [2.45, 2.75) is 39.2 Å². The van der Waals surface area contributed by atoms with Crippen LogP contribution in [0.1, 0.15) is 43.5 Å². The number of phenols is 1. The molecular weight excluding hydrogens is 507 g/mol. The normalized spacial score (nSPS) is 26.6. The van der Waals surface area contributed by atoms with E-state index >= 15 is 0 Å². The van der Waals surface area contributed by atoms with Crippen molar-refractivity contribution in [3.63, 3.8) is 0 Å². The van der Waals surface area contributed by atoms with Crippen LogP contribution in [0.15, 0.2) is 46.1 Å². The zero-order valence-electron chi connectivity index (χ0n) is 19.4. The number of aromatic hydroxyl groups is 1. The van der Waals surface area contributed by atoms with Crippen LogP contribution in [-0.2, 0) is 0 Å². The zero-order chi connectivity index (χ0) is 25.6. The highest BCUT2D eigenvalue weighted by molar-refractivity contribution is 6.37. The van der Waals surface area contributed by atoms with Crippen molar-refractivity contribution < 1.29 is 14.6 Å². The topological polar surface area (TPSA) is 126 Å². The molecule has 6 rings (SSSR count). The minimum atomic E-state index is -0.752. The molecule has 0 spiro atoms. The summed E-state index contributed by atoms with van der Waals surface area (Å²) in [5, 5.41) is 17.4. The SMILES string of the molecule is CC1(C)C23CCC(NC(=O)c4cc(Oc5c(Cl)cc(-n6ncc(=O)[nH]c6=O)cc5Cl)ccc4O)C12C3. The lowest BCUT2D eigenvalue weighted by Crippen LogP contribution is -2.41. The number of phenolic OH excluding ortho intramolecular Hbond substituents is 1. The van der Waals surface area contributed by atoms with Crippen LogP contribution < -0.4 is 21.3 Å². The van der Waals surface area contributed by atoms with E-state index in [1.807, 2.05) is 0 Å². The Morgan fingerprint density at radius 2 is 1.94 bits per heavy atom. The standard InChI is InChI=1S/C25H22Cl2N4O5/c1-23(2)24-6-5-18(25(23,24)11-24)29-21(34)14-9-13(3-4-17(14)32)36-20-15(26)7-12(8-16(20)27)31-22(35)30-19(33)10-28-31/h3-4,7-10,18,32H,5-6,11H2,1-2H3,(H,29,34)(H,30,33,35). The van der Waals surface area contributed by atoms with Gasteiger partial charge in [-0.15, -0.1) is 0 Å². The molecule has 3 aliphatic rings. The number of hydrogen-bond acceptors (Lipinski definition) is 6. The van der Waals surface area contributed by atoms with Crippen LogP contribution in [0.5, 0.6) is 17.2 Å². The van der Waals surface area contributed by atoms with E-state index in [1.165, 1.54) is 30.3 Å². The van der Waals surface area contributed by atoms with Crippen molar-refractivity contribution in [3.8, 4) is 22.9 Å². The first kappa shape index (κ1) is 23.1. The van der Waals surface area contributed by atoms with Crippen LogP contribution in [0.25, 0.3) is 5.69 Å². The van der Waals surface area contributed by atoms with E-state index in [0.717, 1.165) is 30.1 Å². The van der Waals surface area contributed by atoms with E-state index < -0.39 is 11.2 Å². The van der Waals surface area contributed by atoms with Gasteiger partial charge >= 0.3 is 5.69 Å². The van der Waals surface area contributed by atoms with Crippen molar-refractivity contribution >= 4 is 29.1 Å². The highest BCUT2D eigenvalue weighted by Gasteiger charge is 2.98. The molecule has 186 valence electrons. The number of H-pyrrole nitrogens is 1. The smallest absolute Gasteiger partial charge is 0.349 e. The Bertz CT molecular complexity index is 1560. The third-order valence-electron chi connectivity index (χ3n) is 8.69. The molecule has 0 saturated heterocycles. The lowest BCUT2D eigenvalue weighted by molar-refractivity contribution is 0.0902. The Hall–Kier alpha value is -3.30. The third-order valence-corrected chi connectivity index (χ3v) is 9.25. The number of hydrogen-bond donors (Lipinski definition) is 3. The van der Waals surface area contributed by atoms with Gasteiger partial charge in [-0.25, -0.2) is 4.79 Å². The molecule has 9 nitrogen and oxygen atoms in total. The first-order chi connectivity index (χ1) is 17.0. The van der Waals surface area contributed by atoms with Crippen LogP contribution in [0.4, 0.5) is 0 Å². The highest BCUT2D eigenvalue weighted by Crippen LogP contribution is 3.02. The van der Waals surface area contributed by atoms with Gasteiger partial charge < -0.3 is 15.2 Å². The fraction of sp³-hybridized carbons (Fsp3) is 0.360. The summed E-state index contributed by atoms with van der Waals surface area (Å²) in [6.07, 6.45) is 4.17. The summed E-state index contributed by atoms with van der Waals surface area (Å²) in [4.78, 5) is 38.5. The first-order valence-corrected chi connectivity index (χ1v) is 12.3. The monoisotopic (exact) mass is 528 g/mol. The van der Waals surface area contributed by atoms with E-state index in [4.69, 9.17) is 27.9 Å². The summed E-state index contributed by atoms with van der Waals surface area (Å²) in [5.74, 6) is -0.193. The molecule has 11 heteroatoms. The molecule has 3 N–H and O–H groups in total. The van der Waals surface area contributed by atoms with Crippen LogP contribution in [-0.4, -0.2) is 31.8 Å². The van der Waals surface area contributed by atoms with Gasteiger partial charge in [-0.2, -0.15) is 9.78 Å². The molecule has 2 aromatic carbocycles. The van der Waals surface area contributed by atoms with Crippen molar-refractivity contribution in [1.29, 1.82) is 0 Å². The summed E-state index contributed by atoms with van der Waals surface area (Å²) >= 11 is 12.8. The van der Waals surface area contributed by atoms with Gasteiger partial charge in [0.1, 0.15) is 17.7 Å². The second-order valence-corrected chi connectivity index (χ2v) is 11.1. The average Bonchev–Trinajstić information content (AvgIpc) is 3.56. The van der Waals surface area contributed by atoms with Gasteiger partial charge in [0.25, 0.3) is 11.5 Å². The lowest BCUT2D eigenvalue weighted by Gasteiger charge is -2.31. The van der Waals surface area contributed by atoms with Gasteiger partial charge in [-0.3, -0.25) is 14.6 Å². The third kappa shape index (κ3) is 2.96. The number of rotatable bonds is 5. The molecule has 3 fully saturated rings. The zero-order valence-corrected chi connectivity index (χ0v) is 20.9. The second-order valence-electron chi connectivity index (χ2n) is 10.3. The molecular formula is C25H22Cl2N4O5. The average molecular weight is 529 g/mol. The quantitative estimate of drug-likeness (QED) is 0.458. The number of nitrogens with zero attached hydrogens (tertiary/aromatic N) is 2. The molecule has 3 atom stereocenters. The summed E-state index contributed by atoms with van der Waals surface area (Å²) in [6.45, 7) is 4.53. The number of carbonyl (C=O) groups excluding carboxylic acids is 1. The maximum Gasteiger partial charge on any atom is 0.349 e. The summed E-state index contributed by atoms with van der Waals surface area (Å²) in [6, 6.07) is 7.20. The predicted octanol–water partition coefficient (Wildman–Crippen LogP) is 4.03. The maximum absolute atomic E-state index is 13.1. The van der Waals surface area contributed by atoms with E-state index in [1.54, 1.807) is 0 Å². The molecule has 1 heterocycles. The Morgan fingerprint density at radius 1 is 1.22 bits per heavy atom. The number of aromatic amines is 1. The number of halogens is 2. The number of benzene rings is 2. The molecule has 0 aliphatic heterocycles. The molecule has 1 aromatic heterocycles. The van der Waals surface area contributed by atoms with E-state index in [2.05, 4.69) is 29.2 Å². The summed E-state index contributed by atoms with van der Waals surface area (Å²) in [7, 11) is 0. The Labute approximate surface area is 215 Å². The highest BCUT2D eigenvalue weighted by atomic mass is 35.5. The molecule has 0 radical (unpaired) electrons. The minimum absolute atomic E-state index is 0.0718. The van der Waals surface area contributed by atoms with Gasteiger partial charge in [0.05, 0.1) is 21.3 Å². The molecule has 3 aromatic rings. The fourth-order valence-corrected chi connectivity index (χ4v) is 7.28. The summed E-state index contributed by atoms with van der Waals surface area (Å²) in [5.41, 5.74) is -0.264. The number of aromatic nitrogens is 3. The van der Waals surface area contributed by atoms with Crippen molar-refractivity contribution in [1.82, 2.24) is 20.1 Å². The van der Waals surface area contributed by atoms with Crippen molar-refractivity contribution in [2.24, 2.45) is 16.2 Å². The van der Waals surface area contributed by atoms with Crippen LogP contribution in [0, 0.1) is 16.2 Å². The van der Waals surface area contributed by atoms with Crippen LogP contribution in [0.3, 0.4) is 0 Å². The molecule has 3 saturated carbocycles. The summed E-state index contributed by atoms with van der Waals surface area (Å²) < 4.78 is 6.80. The molecule has 1 amide bonds. The first-order valence-electron chi connectivity index (χ1n) is 11.5. The van der Waals surface area contributed by atoms with Gasteiger partial charge in [0.2, 0.25) is 0 Å². The number of amides is 1. The maximum atomic E-state index is 13.1. The second kappa shape index (κ2) is 7.36. The van der Waals surface area contributed by atoms with Crippen LogP contribution in [0.2, 0.25) is 10.0 Å². The van der Waals surface area contributed by atoms with E-state index in [0.29, 0.717) is 5.41 Å². The van der Waals surface area contributed by atoms with Crippen molar-refractivity contribution in [3.05, 3.63) is 73.0 Å². The number of nitrogens with one attached hydrogen (secondary N) is 2. The molecule has 36 heavy (non-hydrogen) atoms. The fourth-order valence-electron chi connectivity index (χ4n) is 6.73. The minimum Gasteiger partial charge on any atom is -0.507 e. The molecule has 0 bridgehead atoms. The predicted molar refractivity (Wildman–Crippen MR) is 132 cm³/mol. The van der Waals surface area contributed by atoms with E-state index in [9.17, 15) is 19.5 Å². The van der Waals surface area contributed by atoms with Gasteiger partial charge in [0, 0.05) is 11.5 Å². The number of ether oxygens (including phenoxy) is 1.